The summed E-state index contributed by atoms with van der Waals surface area (Å²) in [6.07, 6.45) is 4.41. The number of hydrogen-bond acceptors (Lipinski definition) is 2. The minimum Gasteiger partial charge on any atom is -0.326 e. The Hall–Kier alpha value is -0.280. The van der Waals surface area contributed by atoms with Crippen LogP contribution >= 0.6 is 23.2 Å². The van der Waals surface area contributed by atoms with Crippen LogP contribution in [0, 0.1) is 0 Å². The summed E-state index contributed by atoms with van der Waals surface area (Å²) in [5.41, 5.74) is 7.67. The van der Waals surface area contributed by atoms with Gasteiger partial charge in [-0.3, -0.25) is 4.90 Å². The minimum absolute atomic E-state index is 0.0411. The third kappa shape index (κ3) is 3.30. The van der Waals surface area contributed by atoms with Crippen LogP contribution in [0.4, 0.5) is 0 Å². The van der Waals surface area contributed by atoms with Gasteiger partial charge in [-0.15, -0.1) is 0 Å². The molecule has 4 heteroatoms. The number of halogens is 2. The van der Waals surface area contributed by atoms with Crippen molar-refractivity contribution in [3.63, 3.8) is 0 Å². The van der Waals surface area contributed by atoms with Crippen molar-refractivity contribution < 1.29 is 0 Å². The molecule has 1 aliphatic heterocycles. The first-order chi connectivity index (χ1) is 9.47. The second kappa shape index (κ2) is 6.65. The SMILES string of the molecule is CCC(C)(C(N)Cc1ccc(Cl)cc1Cl)N1CCCC1. The number of benzene rings is 1. The van der Waals surface area contributed by atoms with E-state index in [0.717, 1.165) is 31.5 Å². The van der Waals surface area contributed by atoms with Gasteiger partial charge in [0, 0.05) is 21.6 Å². The van der Waals surface area contributed by atoms with E-state index >= 15 is 0 Å². The Labute approximate surface area is 132 Å². The van der Waals surface area contributed by atoms with Gasteiger partial charge in [-0.1, -0.05) is 36.2 Å². The van der Waals surface area contributed by atoms with E-state index in [4.69, 9.17) is 28.9 Å². The molecule has 112 valence electrons. The number of nitrogens with two attached hydrogens (primary N) is 1. The van der Waals surface area contributed by atoms with Crippen molar-refractivity contribution in [3.8, 4) is 0 Å². The fourth-order valence-corrected chi connectivity index (χ4v) is 3.58. The van der Waals surface area contributed by atoms with Crippen molar-refractivity contribution in [1.29, 1.82) is 0 Å². The summed E-state index contributed by atoms with van der Waals surface area (Å²) < 4.78 is 0. The van der Waals surface area contributed by atoms with E-state index in [1.165, 1.54) is 12.8 Å². The van der Waals surface area contributed by atoms with Gasteiger partial charge in [-0.2, -0.15) is 0 Å². The average molecular weight is 315 g/mol. The summed E-state index contributed by atoms with van der Waals surface area (Å²) in [6, 6.07) is 5.74. The van der Waals surface area contributed by atoms with Crippen LogP contribution in [0.3, 0.4) is 0 Å². The highest BCUT2D eigenvalue weighted by Crippen LogP contribution is 2.30. The Bertz CT molecular complexity index is 458. The largest absolute Gasteiger partial charge is 0.326 e. The third-order valence-corrected chi connectivity index (χ3v) is 5.38. The van der Waals surface area contributed by atoms with Crippen molar-refractivity contribution in [2.24, 2.45) is 5.73 Å². The summed E-state index contributed by atoms with van der Waals surface area (Å²) in [5.74, 6) is 0. The van der Waals surface area contributed by atoms with Crippen LogP contribution in [-0.4, -0.2) is 29.6 Å². The van der Waals surface area contributed by atoms with E-state index in [2.05, 4.69) is 18.7 Å². The van der Waals surface area contributed by atoms with Gasteiger partial charge >= 0.3 is 0 Å². The van der Waals surface area contributed by atoms with Gasteiger partial charge in [0.25, 0.3) is 0 Å². The van der Waals surface area contributed by atoms with Gasteiger partial charge < -0.3 is 5.73 Å². The Balaban J connectivity index is 2.14. The van der Waals surface area contributed by atoms with E-state index in [1.807, 2.05) is 12.1 Å². The highest BCUT2D eigenvalue weighted by Gasteiger charge is 2.37. The van der Waals surface area contributed by atoms with Crippen molar-refractivity contribution in [3.05, 3.63) is 33.8 Å². The fourth-order valence-electron chi connectivity index (χ4n) is 3.09. The fraction of sp³-hybridized carbons (Fsp3) is 0.625. The van der Waals surface area contributed by atoms with Crippen LogP contribution in [0.5, 0.6) is 0 Å². The van der Waals surface area contributed by atoms with Crippen molar-refractivity contribution in [2.75, 3.05) is 13.1 Å². The van der Waals surface area contributed by atoms with E-state index < -0.39 is 0 Å². The normalized spacial score (nSPS) is 20.9. The number of hydrogen-bond donors (Lipinski definition) is 1. The van der Waals surface area contributed by atoms with Crippen LogP contribution in [-0.2, 0) is 6.42 Å². The molecular weight excluding hydrogens is 291 g/mol. The minimum atomic E-state index is 0.0411. The molecule has 1 aromatic carbocycles. The first-order valence-corrected chi connectivity index (χ1v) is 8.17. The van der Waals surface area contributed by atoms with Gasteiger partial charge in [-0.05, 0) is 63.4 Å². The zero-order valence-electron chi connectivity index (χ0n) is 12.3. The Kier molecular flexibility index (Phi) is 5.36. The van der Waals surface area contributed by atoms with Crippen molar-refractivity contribution in [1.82, 2.24) is 4.90 Å². The monoisotopic (exact) mass is 314 g/mol. The van der Waals surface area contributed by atoms with E-state index in [1.54, 1.807) is 6.07 Å². The first-order valence-electron chi connectivity index (χ1n) is 7.42. The molecular formula is C16H24Cl2N2. The molecule has 0 bridgehead atoms. The lowest BCUT2D eigenvalue weighted by molar-refractivity contribution is 0.0999. The molecule has 2 atom stereocenters. The maximum absolute atomic E-state index is 6.55. The van der Waals surface area contributed by atoms with Gasteiger partial charge in [0.2, 0.25) is 0 Å². The Morgan fingerprint density at radius 3 is 2.50 bits per heavy atom. The highest BCUT2D eigenvalue weighted by molar-refractivity contribution is 6.35. The van der Waals surface area contributed by atoms with Crippen LogP contribution in [0.1, 0.15) is 38.7 Å². The first kappa shape index (κ1) is 16.1. The maximum Gasteiger partial charge on any atom is 0.0453 e. The molecule has 1 fully saturated rings. The maximum atomic E-state index is 6.55. The average Bonchev–Trinajstić information content (AvgIpc) is 2.95. The van der Waals surface area contributed by atoms with Crippen LogP contribution in [0.2, 0.25) is 10.0 Å². The second-order valence-electron chi connectivity index (χ2n) is 5.95. The second-order valence-corrected chi connectivity index (χ2v) is 6.79. The Morgan fingerprint density at radius 1 is 1.30 bits per heavy atom. The number of rotatable bonds is 5. The van der Waals surface area contributed by atoms with Crippen molar-refractivity contribution >= 4 is 23.2 Å². The lowest BCUT2D eigenvalue weighted by Crippen LogP contribution is -2.57. The molecule has 20 heavy (non-hydrogen) atoms. The summed E-state index contributed by atoms with van der Waals surface area (Å²) in [6.45, 7) is 6.83. The summed E-state index contributed by atoms with van der Waals surface area (Å²) >= 11 is 12.2. The molecule has 1 aliphatic rings. The molecule has 1 aromatic rings. The molecule has 2 unspecified atom stereocenters. The van der Waals surface area contributed by atoms with Gasteiger partial charge in [0.1, 0.15) is 0 Å². The topological polar surface area (TPSA) is 29.3 Å². The standard InChI is InChI=1S/C16H24Cl2N2/c1-3-16(2,20-8-4-5-9-20)15(19)10-12-6-7-13(17)11-14(12)18/h6-7,11,15H,3-5,8-10,19H2,1-2H3. The molecule has 2 rings (SSSR count). The lowest BCUT2D eigenvalue weighted by atomic mass is 9.84. The quantitative estimate of drug-likeness (QED) is 0.885. The molecule has 0 saturated carbocycles. The molecule has 0 amide bonds. The van der Waals surface area contributed by atoms with Crippen molar-refractivity contribution in [2.45, 2.75) is 51.1 Å². The molecule has 0 spiro atoms. The zero-order chi connectivity index (χ0) is 14.8. The smallest absolute Gasteiger partial charge is 0.0453 e. The van der Waals surface area contributed by atoms with Crippen LogP contribution in [0.25, 0.3) is 0 Å². The van der Waals surface area contributed by atoms with Crippen LogP contribution < -0.4 is 5.73 Å². The van der Waals surface area contributed by atoms with Crippen LogP contribution in [0.15, 0.2) is 18.2 Å². The van der Waals surface area contributed by atoms with Gasteiger partial charge in [0.15, 0.2) is 0 Å². The number of likely N-dealkylation sites (tertiary alicyclic amines) is 1. The lowest BCUT2D eigenvalue weighted by Gasteiger charge is -2.43. The summed E-state index contributed by atoms with van der Waals surface area (Å²) in [4.78, 5) is 2.54. The highest BCUT2D eigenvalue weighted by atomic mass is 35.5. The molecule has 2 nitrogen and oxygen atoms in total. The summed E-state index contributed by atoms with van der Waals surface area (Å²) in [7, 11) is 0. The molecule has 1 saturated heterocycles. The molecule has 0 aliphatic carbocycles. The molecule has 0 radical (unpaired) electrons. The molecule has 0 aromatic heterocycles. The van der Waals surface area contributed by atoms with Gasteiger partial charge in [0.05, 0.1) is 0 Å². The predicted octanol–water partition coefficient (Wildman–Crippen LogP) is 4.13. The van der Waals surface area contributed by atoms with Gasteiger partial charge in [-0.25, -0.2) is 0 Å². The number of nitrogens with zero attached hydrogens (tertiary/aromatic N) is 1. The third-order valence-electron chi connectivity index (χ3n) is 4.80. The molecule has 1 heterocycles. The molecule has 2 N–H and O–H groups in total. The van der Waals surface area contributed by atoms with E-state index in [0.29, 0.717) is 10.0 Å². The van der Waals surface area contributed by atoms with E-state index in [9.17, 15) is 0 Å². The predicted molar refractivity (Wildman–Crippen MR) is 87.6 cm³/mol. The van der Waals surface area contributed by atoms with E-state index in [-0.39, 0.29) is 11.6 Å². The summed E-state index contributed by atoms with van der Waals surface area (Å²) in [5, 5.41) is 1.39. The zero-order valence-corrected chi connectivity index (χ0v) is 13.8. The Morgan fingerprint density at radius 2 is 1.95 bits per heavy atom.